The average molecular weight is 493 g/mol. The largest absolute Gasteiger partial charge is 0.487 e. The molecule has 11 heteroatoms. The van der Waals surface area contributed by atoms with Crippen LogP contribution < -0.4 is 15.8 Å². The van der Waals surface area contributed by atoms with Crippen molar-refractivity contribution < 1.29 is 4.74 Å². The van der Waals surface area contributed by atoms with Crippen molar-refractivity contribution in [3.05, 3.63) is 84.8 Å². The lowest BCUT2D eigenvalue weighted by Gasteiger charge is -2.13. The van der Waals surface area contributed by atoms with E-state index in [0.717, 1.165) is 39.0 Å². The summed E-state index contributed by atoms with van der Waals surface area (Å²) < 4.78 is 7.92. The number of nitrogens with zero attached hydrogens (tertiary/aromatic N) is 8. The Balaban J connectivity index is 1.43. The fourth-order valence-corrected chi connectivity index (χ4v) is 3.69. The van der Waals surface area contributed by atoms with E-state index < -0.39 is 0 Å². The number of hydrogen-bond donors (Lipinski definition) is 2. The SMILES string of the molecule is Cn1cc(-c2cc3cnc(Nc4cccc(CN=CN=CN)c4)nc3cc2OCc2cnccn2)cn1. The van der Waals surface area contributed by atoms with Gasteiger partial charge in [0.15, 0.2) is 0 Å². The summed E-state index contributed by atoms with van der Waals surface area (Å²) in [6.07, 6.45) is 13.1. The van der Waals surface area contributed by atoms with Gasteiger partial charge in [0.05, 0.1) is 36.5 Å². The van der Waals surface area contributed by atoms with Gasteiger partial charge in [0, 0.05) is 60.1 Å². The van der Waals surface area contributed by atoms with E-state index >= 15 is 0 Å². The Hall–Kier alpha value is -5.19. The van der Waals surface area contributed by atoms with E-state index in [-0.39, 0.29) is 6.61 Å². The molecule has 0 bridgehead atoms. The molecule has 11 nitrogen and oxygen atoms in total. The highest BCUT2D eigenvalue weighted by Gasteiger charge is 2.13. The van der Waals surface area contributed by atoms with Gasteiger partial charge in [-0.2, -0.15) is 5.10 Å². The first-order chi connectivity index (χ1) is 18.2. The molecular formula is C26H24N10O. The minimum atomic E-state index is 0.272. The van der Waals surface area contributed by atoms with Crippen molar-refractivity contribution in [3.8, 4) is 16.9 Å². The predicted octanol–water partition coefficient (Wildman–Crippen LogP) is 3.66. The van der Waals surface area contributed by atoms with Gasteiger partial charge in [-0.1, -0.05) is 12.1 Å². The van der Waals surface area contributed by atoms with E-state index in [2.05, 4.69) is 35.4 Å². The van der Waals surface area contributed by atoms with Crippen LogP contribution in [0.25, 0.3) is 22.0 Å². The summed E-state index contributed by atoms with van der Waals surface area (Å²) in [4.78, 5) is 25.6. The summed E-state index contributed by atoms with van der Waals surface area (Å²) in [5.41, 5.74) is 10.4. The van der Waals surface area contributed by atoms with E-state index in [1.165, 1.54) is 12.7 Å². The van der Waals surface area contributed by atoms with E-state index in [9.17, 15) is 0 Å². The van der Waals surface area contributed by atoms with Crippen LogP contribution in [-0.4, -0.2) is 42.4 Å². The summed E-state index contributed by atoms with van der Waals surface area (Å²) >= 11 is 0. The van der Waals surface area contributed by atoms with Crippen molar-refractivity contribution in [3.63, 3.8) is 0 Å². The number of benzene rings is 2. The maximum atomic E-state index is 6.17. The van der Waals surface area contributed by atoms with E-state index in [1.807, 2.05) is 49.6 Å². The van der Waals surface area contributed by atoms with E-state index in [1.54, 1.807) is 35.7 Å². The summed E-state index contributed by atoms with van der Waals surface area (Å²) in [5, 5.41) is 8.45. The minimum absolute atomic E-state index is 0.272. The third-order valence-electron chi connectivity index (χ3n) is 5.38. The smallest absolute Gasteiger partial charge is 0.227 e. The van der Waals surface area contributed by atoms with Crippen LogP contribution in [0.15, 0.2) is 83.6 Å². The predicted molar refractivity (Wildman–Crippen MR) is 143 cm³/mol. The zero-order valence-corrected chi connectivity index (χ0v) is 20.1. The molecular weight excluding hydrogens is 468 g/mol. The van der Waals surface area contributed by atoms with Gasteiger partial charge in [0.25, 0.3) is 0 Å². The van der Waals surface area contributed by atoms with Crippen LogP contribution >= 0.6 is 0 Å². The molecule has 0 amide bonds. The molecule has 0 aliphatic rings. The van der Waals surface area contributed by atoms with Gasteiger partial charge in [-0.3, -0.25) is 19.6 Å². The van der Waals surface area contributed by atoms with Crippen molar-refractivity contribution in [1.29, 1.82) is 0 Å². The fourth-order valence-electron chi connectivity index (χ4n) is 3.69. The van der Waals surface area contributed by atoms with E-state index in [0.29, 0.717) is 18.2 Å². The Kier molecular flexibility index (Phi) is 7.02. The van der Waals surface area contributed by atoms with Gasteiger partial charge < -0.3 is 15.8 Å². The Morgan fingerprint density at radius 2 is 2.05 bits per heavy atom. The van der Waals surface area contributed by atoms with Crippen LogP contribution in [-0.2, 0) is 20.2 Å². The van der Waals surface area contributed by atoms with Gasteiger partial charge in [-0.25, -0.2) is 15.0 Å². The lowest BCUT2D eigenvalue weighted by atomic mass is 10.1. The minimum Gasteiger partial charge on any atom is -0.487 e. The van der Waals surface area contributed by atoms with E-state index in [4.69, 9.17) is 15.5 Å². The first-order valence-electron chi connectivity index (χ1n) is 11.4. The van der Waals surface area contributed by atoms with Crippen LogP contribution in [0.3, 0.4) is 0 Å². The molecule has 0 atom stereocenters. The van der Waals surface area contributed by atoms with Crippen LogP contribution in [0.2, 0.25) is 0 Å². The number of nitrogens with one attached hydrogen (secondary N) is 1. The van der Waals surface area contributed by atoms with Crippen LogP contribution in [0.4, 0.5) is 11.6 Å². The summed E-state index contributed by atoms with van der Waals surface area (Å²) in [6, 6.07) is 11.8. The molecule has 0 saturated carbocycles. The molecule has 37 heavy (non-hydrogen) atoms. The number of aryl methyl sites for hydroxylation is 1. The Bertz CT molecular complexity index is 1560. The molecule has 0 aliphatic carbocycles. The lowest BCUT2D eigenvalue weighted by molar-refractivity contribution is 0.302. The Morgan fingerprint density at radius 1 is 1.11 bits per heavy atom. The number of anilines is 2. The first kappa shape index (κ1) is 23.5. The highest BCUT2D eigenvalue weighted by atomic mass is 16.5. The third kappa shape index (κ3) is 5.90. The molecule has 0 unspecified atom stereocenters. The second-order valence-electron chi connectivity index (χ2n) is 8.07. The number of nitrogens with two attached hydrogens (primary N) is 1. The number of rotatable bonds is 9. The summed E-state index contributed by atoms with van der Waals surface area (Å²) in [5.74, 6) is 1.13. The fraction of sp³-hybridized carbons (Fsp3) is 0.115. The van der Waals surface area contributed by atoms with Gasteiger partial charge in [-0.05, 0) is 23.8 Å². The summed E-state index contributed by atoms with van der Waals surface area (Å²) in [7, 11) is 1.88. The van der Waals surface area contributed by atoms with Crippen molar-refractivity contribution in [2.75, 3.05) is 5.32 Å². The van der Waals surface area contributed by atoms with Crippen molar-refractivity contribution in [1.82, 2.24) is 29.7 Å². The summed E-state index contributed by atoms with van der Waals surface area (Å²) in [6.45, 7) is 0.754. The lowest BCUT2D eigenvalue weighted by Crippen LogP contribution is -2.01. The molecule has 0 spiro atoms. The maximum absolute atomic E-state index is 6.17. The van der Waals surface area contributed by atoms with Crippen LogP contribution in [0.5, 0.6) is 5.75 Å². The van der Waals surface area contributed by atoms with Crippen LogP contribution in [0, 0.1) is 0 Å². The third-order valence-corrected chi connectivity index (χ3v) is 5.38. The zero-order valence-electron chi connectivity index (χ0n) is 20.1. The molecule has 3 aromatic heterocycles. The second kappa shape index (κ2) is 11.0. The highest BCUT2D eigenvalue weighted by Crippen LogP contribution is 2.34. The second-order valence-corrected chi connectivity index (χ2v) is 8.07. The monoisotopic (exact) mass is 492 g/mol. The molecule has 3 N–H and O–H groups in total. The normalized spacial score (nSPS) is 11.5. The quantitative estimate of drug-likeness (QED) is 0.235. The van der Waals surface area contributed by atoms with Gasteiger partial charge in [-0.15, -0.1) is 0 Å². The zero-order chi connectivity index (χ0) is 25.5. The molecule has 2 aromatic carbocycles. The average Bonchev–Trinajstić information content (AvgIpc) is 3.36. The van der Waals surface area contributed by atoms with Crippen molar-refractivity contribution in [2.24, 2.45) is 22.8 Å². The highest BCUT2D eigenvalue weighted by molar-refractivity contribution is 5.88. The molecule has 5 rings (SSSR count). The number of ether oxygens (including phenoxy) is 1. The van der Waals surface area contributed by atoms with Gasteiger partial charge in [0.2, 0.25) is 5.95 Å². The van der Waals surface area contributed by atoms with Gasteiger partial charge >= 0.3 is 0 Å². The Morgan fingerprint density at radius 3 is 2.86 bits per heavy atom. The topological polar surface area (TPSA) is 141 Å². The standard InChI is InChI=1S/C26H24N10O/c1-36-14-20(12-33-36)23-8-19-11-32-26(34-21-4-2-3-18(7-21)10-29-17-30-16-27)35-24(19)9-25(23)37-15-22-13-28-5-6-31-22/h2-9,11-14,16-17H,10,15H2,1H3,(H2,27,29,30)(H,32,34,35). The molecule has 0 radical (unpaired) electrons. The van der Waals surface area contributed by atoms with Gasteiger partial charge in [0.1, 0.15) is 18.7 Å². The number of aliphatic imine (C=N–C) groups is 2. The molecule has 3 heterocycles. The molecule has 0 fully saturated rings. The molecule has 0 saturated heterocycles. The molecule has 0 aliphatic heterocycles. The number of aromatic nitrogens is 6. The van der Waals surface area contributed by atoms with Crippen molar-refractivity contribution >= 4 is 35.2 Å². The molecule has 5 aromatic rings. The van der Waals surface area contributed by atoms with Crippen LogP contribution in [0.1, 0.15) is 11.3 Å². The Labute approximate surface area is 212 Å². The van der Waals surface area contributed by atoms with Crippen molar-refractivity contribution in [2.45, 2.75) is 13.2 Å². The maximum Gasteiger partial charge on any atom is 0.227 e. The first-order valence-corrected chi connectivity index (χ1v) is 11.4. The molecule has 184 valence electrons. The number of fused-ring (bicyclic) bond motifs is 1. The number of hydrogen-bond acceptors (Lipinski definition) is 8.